The van der Waals surface area contributed by atoms with Crippen LogP contribution in [0.2, 0.25) is 0 Å². The Morgan fingerprint density at radius 3 is 2.56 bits per heavy atom. The summed E-state index contributed by atoms with van der Waals surface area (Å²) in [5, 5.41) is 2.34. The number of nitrogens with two attached hydrogens (primary N) is 1. The van der Waals surface area contributed by atoms with E-state index in [0.717, 1.165) is 6.07 Å². The van der Waals surface area contributed by atoms with E-state index in [0.29, 0.717) is 19.0 Å². The lowest BCUT2D eigenvalue weighted by molar-refractivity contribution is 0.0948. The first kappa shape index (κ1) is 12.5. The average Bonchev–Trinajstić information content (AvgIpc) is 2.26. The summed E-state index contributed by atoms with van der Waals surface area (Å²) in [6.07, 6.45) is 0.525. The Morgan fingerprint density at radius 2 is 1.94 bits per heavy atom. The molecule has 0 saturated carbocycles. The SMILES string of the molecule is NCCCNC(=O)c1ccc(F)c(F)c1F. The molecule has 1 rings (SSSR count). The fourth-order valence-electron chi connectivity index (χ4n) is 1.10. The molecule has 1 aromatic rings. The van der Waals surface area contributed by atoms with Crippen LogP contribution in [-0.2, 0) is 0 Å². The molecule has 0 fully saturated rings. The zero-order valence-electron chi connectivity index (χ0n) is 8.40. The maximum atomic E-state index is 13.1. The van der Waals surface area contributed by atoms with Crippen LogP contribution >= 0.6 is 0 Å². The van der Waals surface area contributed by atoms with E-state index in [-0.39, 0.29) is 6.54 Å². The van der Waals surface area contributed by atoms with Crippen LogP contribution in [0, 0.1) is 17.5 Å². The number of hydrogen-bond acceptors (Lipinski definition) is 2. The summed E-state index contributed by atoms with van der Waals surface area (Å²) in [7, 11) is 0. The van der Waals surface area contributed by atoms with Gasteiger partial charge in [0.1, 0.15) is 0 Å². The molecule has 0 spiro atoms. The first-order valence-electron chi connectivity index (χ1n) is 4.69. The molecule has 3 N–H and O–H groups in total. The van der Waals surface area contributed by atoms with Crippen molar-refractivity contribution in [2.75, 3.05) is 13.1 Å². The Kier molecular flexibility index (Phi) is 4.30. The fraction of sp³-hybridized carbons (Fsp3) is 0.300. The highest BCUT2D eigenvalue weighted by Crippen LogP contribution is 2.14. The third-order valence-corrected chi connectivity index (χ3v) is 1.95. The fourth-order valence-corrected chi connectivity index (χ4v) is 1.10. The molecular weight excluding hydrogens is 221 g/mol. The van der Waals surface area contributed by atoms with Gasteiger partial charge in [-0.05, 0) is 25.1 Å². The van der Waals surface area contributed by atoms with E-state index in [1.807, 2.05) is 0 Å². The van der Waals surface area contributed by atoms with E-state index in [4.69, 9.17) is 5.73 Å². The molecule has 1 amide bonds. The molecule has 16 heavy (non-hydrogen) atoms. The van der Waals surface area contributed by atoms with Gasteiger partial charge in [-0.25, -0.2) is 13.2 Å². The summed E-state index contributed by atoms with van der Waals surface area (Å²) in [5.74, 6) is -5.24. The van der Waals surface area contributed by atoms with Crippen molar-refractivity contribution in [1.82, 2.24) is 5.32 Å². The van der Waals surface area contributed by atoms with Crippen LogP contribution in [0.1, 0.15) is 16.8 Å². The summed E-state index contributed by atoms with van der Waals surface area (Å²) in [6.45, 7) is 0.633. The Morgan fingerprint density at radius 1 is 1.25 bits per heavy atom. The quantitative estimate of drug-likeness (QED) is 0.605. The number of halogens is 3. The number of benzene rings is 1. The van der Waals surface area contributed by atoms with Gasteiger partial charge in [0.2, 0.25) is 0 Å². The topological polar surface area (TPSA) is 55.1 Å². The second-order valence-electron chi connectivity index (χ2n) is 3.12. The molecule has 0 aromatic heterocycles. The summed E-state index contributed by atoms with van der Waals surface area (Å²) in [5.41, 5.74) is 4.67. The minimum Gasteiger partial charge on any atom is -0.352 e. The highest BCUT2D eigenvalue weighted by atomic mass is 19.2. The summed E-state index contributed by atoms with van der Waals surface area (Å²) >= 11 is 0. The number of amides is 1. The van der Waals surface area contributed by atoms with Crippen molar-refractivity contribution in [3.63, 3.8) is 0 Å². The van der Waals surface area contributed by atoms with E-state index in [9.17, 15) is 18.0 Å². The molecule has 0 unspecified atom stereocenters. The van der Waals surface area contributed by atoms with Crippen LogP contribution < -0.4 is 11.1 Å². The molecule has 0 radical (unpaired) electrons. The standard InChI is InChI=1S/C10H11F3N2O/c11-7-3-2-6(8(12)9(7)13)10(16)15-5-1-4-14/h2-3H,1,4-5,14H2,(H,15,16). The smallest absolute Gasteiger partial charge is 0.254 e. The normalized spacial score (nSPS) is 10.2. The highest BCUT2D eigenvalue weighted by Gasteiger charge is 2.18. The van der Waals surface area contributed by atoms with Crippen LogP contribution in [0.15, 0.2) is 12.1 Å². The maximum Gasteiger partial charge on any atom is 0.254 e. The Balaban J connectivity index is 2.80. The summed E-state index contributed by atoms with van der Waals surface area (Å²) < 4.78 is 38.5. The molecule has 0 aliphatic rings. The largest absolute Gasteiger partial charge is 0.352 e. The molecule has 0 aliphatic carbocycles. The van der Waals surface area contributed by atoms with Gasteiger partial charge >= 0.3 is 0 Å². The van der Waals surface area contributed by atoms with Crippen LogP contribution in [0.5, 0.6) is 0 Å². The molecule has 3 nitrogen and oxygen atoms in total. The van der Waals surface area contributed by atoms with Gasteiger partial charge in [-0.1, -0.05) is 0 Å². The van der Waals surface area contributed by atoms with Crippen molar-refractivity contribution in [3.05, 3.63) is 35.1 Å². The molecule has 0 atom stereocenters. The number of rotatable bonds is 4. The predicted octanol–water partition coefficient (Wildman–Crippen LogP) is 1.18. The van der Waals surface area contributed by atoms with E-state index in [1.165, 1.54) is 0 Å². The van der Waals surface area contributed by atoms with Crippen molar-refractivity contribution in [2.45, 2.75) is 6.42 Å². The first-order valence-corrected chi connectivity index (χ1v) is 4.69. The molecule has 1 aromatic carbocycles. The van der Waals surface area contributed by atoms with Gasteiger partial charge in [-0.3, -0.25) is 4.79 Å². The van der Waals surface area contributed by atoms with Crippen molar-refractivity contribution in [1.29, 1.82) is 0 Å². The number of hydrogen-bond donors (Lipinski definition) is 2. The van der Waals surface area contributed by atoms with Gasteiger partial charge < -0.3 is 11.1 Å². The molecular formula is C10H11F3N2O. The summed E-state index contributed by atoms with van der Waals surface area (Å²) in [6, 6.07) is 1.60. The predicted molar refractivity (Wildman–Crippen MR) is 52.3 cm³/mol. The van der Waals surface area contributed by atoms with Crippen LogP contribution in [-0.4, -0.2) is 19.0 Å². The molecule has 0 heterocycles. The number of nitrogens with one attached hydrogen (secondary N) is 1. The minimum absolute atomic E-state index is 0.258. The molecule has 0 bridgehead atoms. The van der Waals surface area contributed by atoms with Crippen molar-refractivity contribution in [3.8, 4) is 0 Å². The van der Waals surface area contributed by atoms with Gasteiger partial charge in [-0.2, -0.15) is 0 Å². The lowest BCUT2D eigenvalue weighted by atomic mass is 10.2. The first-order chi connectivity index (χ1) is 7.57. The zero-order chi connectivity index (χ0) is 12.1. The third kappa shape index (κ3) is 2.73. The van der Waals surface area contributed by atoms with Crippen LogP contribution in [0.3, 0.4) is 0 Å². The van der Waals surface area contributed by atoms with E-state index < -0.39 is 28.9 Å². The van der Waals surface area contributed by atoms with Crippen LogP contribution in [0.4, 0.5) is 13.2 Å². The average molecular weight is 232 g/mol. The summed E-state index contributed by atoms with van der Waals surface area (Å²) in [4.78, 5) is 11.3. The van der Waals surface area contributed by atoms with Gasteiger partial charge in [0, 0.05) is 6.54 Å². The van der Waals surface area contributed by atoms with Gasteiger partial charge in [-0.15, -0.1) is 0 Å². The second-order valence-corrected chi connectivity index (χ2v) is 3.12. The van der Waals surface area contributed by atoms with Gasteiger partial charge in [0.05, 0.1) is 5.56 Å². The van der Waals surface area contributed by atoms with E-state index in [2.05, 4.69) is 5.32 Å². The Hall–Kier alpha value is -1.56. The number of carbonyl (C=O) groups excluding carboxylic acids is 1. The van der Waals surface area contributed by atoms with Crippen LogP contribution in [0.25, 0.3) is 0 Å². The monoisotopic (exact) mass is 232 g/mol. The van der Waals surface area contributed by atoms with Crippen molar-refractivity contribution < 1.29 is 18.0 Å². The van der Waals surface area contributed by atoms with Gasteiger partial charge in [0.15, 0.2) is 17.5 Å². The van der Waals surface area contributed by atoms with Crippen molar-refractivity contribution >= 4 is 5.91 Å². The molecule has 0 saturated heterocycles. The van der Waals surface area contributed by atoms with E-state index in [1.54, 1.807) is 0 Å². The van der Waals surface area contributed by atoms with Gasteiger partial charge in [0.25, 0.3) is 5.91 Å². The van der Waals surface area contributed by atoms with E-state index >= 15 is 0 Å². The lowest BCUT2D eigenvalue weighted by Crippen LogP contribution is -2.27. The second kappa shape index (κ2) is 5.50. The molecule has 88 valence electrons. The third-order valence-electron chi connectivity index (χ3n) is 1.95. The Bertz CT molecular complexity index is 396. The molecule has 6 heteroatoms. The van der Waals surface area contributed by atoms with Crippen molar-refractivity contribution in [2.24, 2.45) is 5.73 Å². The molecule has 0 aliphatic heterocycles. The number of carbonyl (C=O) groups is 1. The maximum absolute atomic E-state index is 13.1. The highest BCUT2D eigenvalue weighted by molar-refractivity contribution is 5.94. The minimum atomic E-state index is -1.65. The Labute approximate surface area is 90.4 Å². The zero-order valence-corrected chi connectivity index (χ0v) is 8.40. The lowest BCUT2D eigenvalue weighted by Gasteiger charge is -2.05.